The van der Waals surface area contributed by atoms with Crippen molar-refractivity contribution in [1.29, 1.82) is 0 Å². The van der Waals surface area contributed by atoms with Gasteiger partial charge in [0.2, 0.25) is 0 Å². The average Bonchev–Trinajstić information content (AvgIpc) is 2.88. The number of carbonyl (C=O) groups excluding carboxylic acids is 1. The molecule has 0 saturated carbocycles. The molecule has 0 radical (unpaired) electrons. The summed E-state index contributed by atoms with van der Waals surface area (Å²) in [5.74, 6) is 0. The van der Waals surface area contributed by atoms with E-state index in [2.05, 4.69) is 42.0 Å². The highest BCUT2D eigenvalue weighted by atomic mass is 35.5. The van der Waals surface area contributed by atoms with Crippen LogP contribution in [0.3, 0.4) is 0 Å². The molecule has 1 heterocycles. The van der Waals surface area contributed by atoms with Gasteiger partial charge in [-0.15, -0.1) is 0 Å². The maximum Gasteiger partial charge on any atom is 0.147 e. The van der Waals surface area contributed by atoms with Crippen LogP contribution in [0.15, 0.2) is 54.2 Å². The Morgan fingerprint density at radius 2 is 1.92 bits per heavy atom. The molecule has 136 valence electrons. The Balaban J connectivity index is 1.90. The molecule has 3 rings (SSSR count). The standard InChI is InChI=1S/C22H25ClN2O/c1-17-6-11-22(25-12-4-3-5-18(14-25)16-26)19(13-17)15-24(2)21-9-7-20(23)8-10-21/h6-11,13-14,16H,3-5,12,15H2,1-2H3. The summed E-state index contributed by atoms with van der Waals surface area (Å²) in [5.41, 5.74) is 5.67. The van der Waals surface area contributed by atoms with E-state index in [-0.39, 0.29) is 0 Å². The third kappa shape index (κ3) is 4.47. The van der Waals surface area contributed by atoms with Crippen molar-refractivity contribution in [1.82, 2.24) is 0 Å². The van der Waals surface area contributed by atoms with Gasteiger partial charge >= 0.3 is 0 Å². The molecule has 2 aromatic rings. The number of benzene rings is 2. The van der Waals surface area contributed by atoms with E-state index in [1.807, 2.05) is 30.5 Å². The zero-order valence-corrected chi connectivity index (χ0v) is 16.2. The van der Waals surface area contributed by atoms with Crippen LogP contribution >= 0.6 is 11.6 Å². The Labute approximate surface area is 160 Å². The molecule has 0 saturated heterocycles. The molecule has 0 unspecified atom stereocenters. The smallest absolute Gasteiger partial charge is 0.147 e. The maximum atomic E-state index is 11.3. The van der Waals surface area contributed by atoms with Crippen molar-refractivity contribution >= 4 is 29.3 Å². The number of halogens is 1. The molecular weight excluding hydrogens is 344 g/mol. The predicted octanol–water partition coefficient (Wildman–Crippen LogP) is 5.36. The molecule has 26 heavy (non-hydrogen) atoms. The first-order valence-electron chi connectivity index (χ1n) is 9.05. The highest BCUT2D eigenvalue weighted by molar-refractivity contribution is 6.30. The molecule has 3 nitrogen and oxygen atoms in total. The molecular formula is C22H25ClN2O. The van der Waals surface area contributed by atoms with Crippen LogP contribution in [0.4, 0.5) is 11.4 Å². The van der Waals surface area contributed by atoms with Gasteiger partial charge in [0.25, 0.3) is 0 Å². The molecule has 0 amide bonds. The maximum absolute atomic E-state index is 11.3. The van der Waals surface area contributed by atoms with Crippen LogP contribution in [0.1, 0.15) is 30.4 Å². The number of hydrogen-bond acceptors (Lipinski definition) is 3. The number of aldehydes is 1. The number of nitrogens with zero attached hydrogens (tertiary/aromatic N) is 2. The Hall–Kier alpha value is -2.26. The van der Waals surface area contributed by atoms with Crippen molar-refractivity contribution in [3.8, 4) is 0 Å². The summed E-state index contributed by atoms with van der Waals surface area (Å²) < 4.78 is 0. The fourth-order valence-corrected chi connectivity index (χ4v) is 3.51. The van der Waals surface area contributed by atoms with E-state index >= 15 is 0 Å². The highest BCUT2D eigenvalue weighted by Gasteiger charge is 2.15. The first-order chi connectivity index (χ1) is 12.6. The second kappa shape index (κ2) is 8.41. The Morgan fingerprint density at radius 1 is 1.15 bits per heavy atom. The monoisotopic (exact) mass is 368 g/mol. The summed E-state index contributed by atoms with van der Waals surface area (Å²) in [6.45, 7) is 3.85. The van der Waals surface area contributed by atoms with Gasteiger partial charge in [-0.3, -0.25) is 4.79 Å². The summed E-state index contributed by atoms with van der Waals surface area (Å²) in [7, 11) is 2.09. The highest BCUT2D eigenvalue weighted by Crippen LogP contribution is 2.28. The Kier molecular flexibility index (Phi) is 6.00. The molecule has 1 aliphatic heterocycles. The van der Waals surface area contributed by atoms with Gasteiger partial charge in [-0.2, -0.15) is 0 Å². The summed E-state index contributed by atoms with van der Waals surface area (Å²) in [4.78, 5) is 15.8. The van der Waals surface area contributed by atoms with Gasteiger partial charge in [-0.05, 0) is 62.1 Å². The van der Waals surface area contributed by atoms with E-state index in [1.165, 1.54) is 16.8 Å². The van der Waals surface area contributed by atoms with Crippen LogP contribution in [0.2, 0.25) is 5.02 Å². The lowest BCUT2D eigenvalue weighted by molar-refractivity contribution is -0.105. The van der Waals surface area contributed by atoms with E-state index in [4.69, 9.17) is 11.6 Å². The van der Waals surface area contributed by atoms with Gasteiger partial charge in [0.15, 0.2) is 0 Å². The first-order valence-corrected chi connectivity index (χ1v) is 9.43. The minimum atomic E-state index is 0.745. The van der Waals surface area contributed by atoms with Crippen LogP contribution in [-0.4, -0.2) is 19.9 Å². The number of rotatable bonds is 5. The normalized spacial score (nSPS) is 14.6. The average molecular weight is 369 g/mol. The van der Waals surface area contributed by atoms with E-state index in [0.717, 1.165) is 54.9 Å². The molecule has 1 aliphatic rings. The minimum absolute atomic E-state index is 0.745. The third-order valence-corrected chi connectivity index (χ3v) is 5.06. The summed E-state index contributed by atoms with van der Waals surface area (Å²) >= 11 is 6.01. The molecule has 0 aliphatic carbocycles. The van der Waals surface area contributed by atoms with E-state index < -0.39 is 0 Å². The lowest BCUT2D eigenvalue weighted by Gasteiger charge is -2.27. The third-order valence-electron chi connectivity index (χ3n) is 4.81. The van der Waals surface area contributed by atoms with E-state index in [0.29, 0.717) is 0 Å². The van der Waals surface area contributed by atoms with Gasteiger partial charge in [0, 0.05) is 48.3 Å². The van der Waals surface area contributed by atoms with Gasteiger partial charge in [-0.25, -0.2) is 0 Å². The SMILES string of the molecule is Cc1ccc(N2C=C(C=O)CCCC2)c(CN(C)c2ccc(Cl)cc2)c1. The van der Waals surface area contributed by atoms with E-state index in [9.17, 15) is 4.79 Å². The predicted molar refractivity (Wildman–Crippen MR) is 110 cm³/mol. The molecule has 0 N–H and O–H groups in total. The van der Waals surface area contributed by atoms with Crippen LogP contribution in [0.5, 0.6) is 0 Å². The number of allylic oxidation sites excluding steroid dienone is 1. The van der Waals surface area contributed by atoms with Gasteiger partial charge in [0.1, 0.15) is 6.29 Å². The van der Waals surface area contributed by atoms with Crippen molar-refractivity contribution in [2.45, 2.75) is 32.7 Å². The van der Waals surface area contributed by atoms with Crippen LogP contribution < -0.4 is 9.80 Å². The molecule has 0 fully saturated rings. The first kappa shape index (κ1) is 18.5. The van der Waals surface area contributed by atoms with Gasteiger partial charge < -0.3 is 9.80 Å². The fraction of sp³-hybridized carbons (Fsp3) is 0.318. The van der Waals surface area contributed by atoms with Crippen molar-refractivity contribution in [2.75, 3.05) is 23.4 Å². The Bertz CT molecular complexity index is 798. The molecule has 2 aromatic carbocycles. The number of carbonyl (C=O) groups is 1. The zero-order valence-electron chi connectivity index (χ0n) is 15.4. The van der Waals surface area contributed by atoms with Crippen LogP contribution in [0.25, 0.3) is 0 Å². The van der Waals surface area contributed by atoms with E-state index in [1.54, 1.807) is 0 Å². The van der Waals surface area contributed by atoms with Crippen molar-refractivity contribution in [3.05, 3.63) is 70.4 Å². The largest absolute Gasteiger partial charge is 0.370 e. The second-order valence-electron chi connectivity index (χ2n) is 6.94. The molecule has 0 spiro atoms. The van der Waals surface area contributed by atoms with Gasteiger partial charge in [-0.1, -0.05) is 29.3 Å². The van der Waals surface area contributed by atoms with Crippen molar-refractivity contribution in [3.63, 3.8) is 0 Å². The summed E-state index contributed by atoms with van der Waals surface area (Å²) in [6.07, 6.45) is 6.04. The molecule has 0 atom stereocenters. The number of aryl methyl sites for hydroxylation is 1. The second-order valence-corrected chi connectivity index (χ2v) is 7.37. The van der Waals surface area contributed by atoms with Crippen molar-refractivity contribution < 1.29 is 4.79 Å². The number of anilines is 2. The summed E-state index contributed by atoms with van der Waals surface area (Å²) in [6, 6.07) is 14.4. The summed E-state index contributed by atoms with van der Waals surface area (Å²) in [5, 5.41) is 0.745. The fourth-order valence-electron chi connectivity index (χ4n) is 3.38. The number of hydrogen-bond donors (Lipinski definition) is 0. The topological polar surface area (TPSA) is 23.6 Å². The van der Waals surface area contributed by atoms with Crippen LogP contribution in [-0.2, 0) is 11.3 Å². The zero-order chi connectivity index (χ0) is 18.5. The molecule has 4 heteroatoms. The van der Waals surface area contributed by atoms with Crippen molar-refractivity contribution in [2.24, 2.45) is 0 Å². The quantitative estimate of drug-likeness (QED) is 0.664. The lowest BCUT2D eigenvalue weighted by atomic mass is 10.1. The molecule has 0 aromatic heterocycles. The van der Waals surface area contributed by atoms with Gasteiger partial charge in [0.05, 0.1) is 0 Å². The Morgan fingerprint density at radius 3 is 2.65 bits per heavy atom. The van der Waals surface area contributed by atoms with Crippen LogP contribution in [0, 0.1) is 6.92 Å². The lowest BCUT2D eigenvalue weighted by Crippen LogP contribution is -2.22. The molecule has 0 bridgehead atoms. The minimum Gasteiger partial charge on any atom is -0.370 e.